The molecule has 0 aromatic heterocycles. The molecule has 1 rings (SSSR count). The van der Waals surface area contributed by atoms with Crippen LogP contribution in [-0.4, -0.2) is 4.92 Å². The molecule has 0 spiro atoms. The Balaban J connectivity index is 3.30. The minimum atomic E-state index is -0.680. The van der Waals surface area contributed by atoms with Crippen LogP contribution in [0.3, 0.4) is 0 Å². The van der Waals surface area contributed by atoms with E-state index < -0.39 is 10.7 Å². The van der Waals surface area contributed by atoms with Crippen LogP contribution in [0.25, 0.3) is 0 Å². The van der Waals surface area contributed by atoms with E-state index in [0.717, 1.165) is 12.1 Å². The number of nitro benzene ring substituents is 1. The zero-order valence-electron chi connectivity index (χ0n) is 6.46. The quantitative estimate of drug-likeness (QED) is 0.590. The SMILES string of the molecule is NCc1cc([N+](=O)[O-])c(Cl)cc1F. The van der Waals surface area contributed by atoms with E-state index in [1.165, 1.54) is 0 Å². The average molecular weight is 205 g/mol. The van der Waals surface area contributed by atoms with Gasteiger partial charge in [0, 0.05) is 18.2 Å². The van der Waals surface area contributed by atoms with Crippen molar-refractivity contribution in [1.82, 2.24) is 0 Å². The lowest BCUT2D eigenvalue weighted by Crippen LogP contribution is -2.01. The molecule has 0 aliphatic rings. The Labute approximate surface area is 78.3 Å². The van der Waals surface area contributed by atoms with Gasteiger partial charge in [-0.15, -0.1) is 0 Å². The third-order valence-electron chi connectivity index (χ3n) is 1.53. The summed E-state index contributed by atoms with van der Waals surface area (Å²) >= 11 is 5.43. The van der Waals surface area contributed by atoms with Crippen molar-refractivity contribution in [2.75, 3.05) is 0 Å². The second-order valence-electron chi connectivity index (χ2n) is 2.36. The fourth-order valence-electron chi connectivity index (χ4n) is 0.877. The summed E-state index contributed by atoms with van der Waals surface area (Å²) < 4.78 is 12.9. The van der Waals surface area contributed by atoms with Crippen molar-refractivity contribution in [2.24, 2.45) is 5.73 Å². The lowest BCUT2D eigenvalue weighted by atomic mass is 10.2. The second kappa shape index (κ2) is 3.68. The summed E-state index contributed by atoms with van der Waals surface area (Å²) in [6, 6.07) is 1.93. The van der Waals surface area contributed by atoms with Crippen molar-refractivity contribution in [3.63, 3.8) is 0 Å². The van der Waals surface area contributed by atoms with Crippen molar-refractivity contribution >= 4 is 17.3 Å². The van der Waals surface area contributed by atoms with Crippen LogP contribution >= 0.6 is 11.6 Å². The van der Waals surface area contributed by atoms with Gasteiger partial charge >= 0.3 is 0 Å². The number of hydrogen-bond donors (Lipinski definition) is 1. The normalized spacial score (nSPS) is 10.1. The molecule has 0 unspecified atom stereocenters. The molecule has 6 heteroatoms. The minimum absolute atomic E-state index is 0.0797. The summed E-state index contributed by atoms with van der Waals surface area (Å²) in [7, 11) is 0. The minimum Gasteiger partial charge on any atom is -0.326 e. The molecule has 0 atom stereocenters. The molecule has 2 N–H and O–H groups in total. The smallest absolute Gasteiger partial charge is 0.288 e. The van der Waals surface area contributed by atoms with Crippen LogP contribution in [0.15, 0.2) is 12.1 Å². The monoisotopic (exact) mass is 204 g/mol. The molecule has 0 radical (unpaired) electrons. The van der Waals surface area contributed by atoms with Gasteiger partial charge < -0.3 is 5.73 Å². The van der Waals surface area contributed by atoms with Crippen LogP contribution in [0, 0.1) is 15.9 Å². The first kappa shape index (κ1) is 9.88. The maximum absolute atomic E-state index is 12.9. The molecule has 4 nitrogen and oxygen atoms in total. The second-order valence-corrected chi connectivity index (χ2v) is 2.76. The third-order valence-corrected chi connectivity index (χ3v) is 1.84. The van der Waals surface area contributed by atoms with E-state index in [1.807, 2.05) is 0 Å². The third kappa shape index (κ3) is 1.93. The molecule has 0 heterocycles. The molecule has 0 aliphatic heterocycles. The molecule has 0 amide bonds. The summed E-state index contributed by atoms with van der Waals surface area (Å²) in [5, 5.41) is 10.1. The molecule has 0 saturated carbocycles. The summed E-state index contributed by atoms with van der Waals surface area (Å²) in [5.41, 5.74) is 4.91. The van der Waals surface area contributed by atoms with Gasteiger partial charge in [-0.25, -0.2) is 4.39 Å². The van der Waals surface area contributed by atoms with Crippen molar-refractivity contribution in [1.29, 1.82) is 0 Å². The van der Waals surface area contributed by atoms with Gasteiger partial charge in [0.05, 0.1) is 4.92 Å². The largest absolute Gasteiger partial charge is 0.326 e. The highest BCUT2D eigenvalue weighted by atomic mass is 35.5. The predicted octanol–water partition coefficient (Wildman–Crippen LogP) is 1.85. The number of benzene rings is 1. The summed E-state index contributed by atoms with van der Waals surface area (Å²) in [4.78, 5) is 9.68. The molecule has 0 saturated heterocycles. The highest BCUT2D eigenvalue weighted by molar-refractivity contribution is 6.32. The van der Waals surface area contributed by atoms with E-state index in [-0.39, 0.29) is 22.8 Å². The van der Waals surface area contributed by atoms with Crippen molar-refractivity contribution in [3.8, 4) is 0 Å². The Bertz CT molecular complexity index is 357. The van der Waals surface area contributed by atoms with E-state index in [1.54, 1.807) is 0 Å². The van der Waals surface area contributed by atoms with Crippen LogP contribution in [0.5, 0.6) is 0 Å². The maximum Gasteiger partial charge on any atom is 0.288 e. The zero-order chi connectivity index (χ0) is 10.0. The van der Waals surface area contributed by atoms with Gasteiger partial charge in [-0.1, -0.05) is 11.6 Å². The summed E-state index contributed by atoms with van der Waals surface area (Å²) in [5.74, 6) is -0.627. The van der Waals surface area contributed by atoms with Crippen molar-refractivity contribution < 1.29 is 9.31 Å². The average Bonchev–Trinajstić information content (AvgIpc) is 2.03. The fourth-order valence-corrected chi connectivity index (χ4v) is 1.10. The van der Waals surface area contributed by atoms with E-state index in [2.05, 4.69) is 0 Å². The van der Waals surface area contributed by atoms with Gasteiger partial charge in [0.15, 0.2) is 0 Å². The summed E-state index contributed by atoms with van der Waals surface area (Å²) in [6.07, 6.45) is 0. The van der Waals surface area contributed by atoms with Crippen LogP contribution in [0.4, 0.5) is 10.1 Å². The number of nitro groups is 1. The molecular formula is C7H6ClFN2O2. The topological polar surface area (TPSA) is 69.2 Å². The van der Waals surface area contributed by atoms with Gasteiger partial charge in [0.1, 0.15) is 10.8 Å². The highest BCUT2D eigenvalue weighted by Crippen LogP contribution is 2.26. The van der Waals surface area contributed by atoms with Crippen molar-refractivity contribution in [2.45, 2.75) is 6.54 Å². The van der Waals surface area contributed by atoms with Crippen LogP contribution in [0.2, 0.25) is 5.02 Å². The zero-order valence-corrected chi connectivity index (χ0v) is 7.21. The molecule has 70 valence electrons. The van der Waals surface area contributed by atoms with Gasteiger partial charge in [0.2, 0.25) is 0 Å². The molecular weight excluding hydrogens is 199 g/mol. The summed E-state index contributed by atoms with van der Waals surface area (Å²) in [6.45, 7) is -0.0934. The number of nitrogens with zero attached hydrogens (tertiary/aromatic N) is 1. The Kier molecular flexibility index (Phi) is 2.79. The highest BCUT2D eigenvalue weighted by Gasteiger charge is 2.15. The Morgan fingerprint density at radius 3 is 2.69 bits per heavy atom. The first-order chi connectivity index (χ1) is 6.06. The molecule has 0 aliphatic carbocycles. The van der Waals surface area contributed by atoms with Gasteiger partial charge in [-0.2, -0.15) is 0 Å². The van der Waals surface area contributed by atoms with Gasteiger partial charge in [0.25, 0.3) is 5.69 Å². The van der Waals surface area contributed by atoms with E-state index in [4.69, 9.17) is 17.3 Å². The number of rotatable bonds is 2. The molecule has 0 fully saturated rings. The number of nitrogens with two attached hydrogens (primary N) is 1. The standard InChI is InChI=1S/C7H6ClFN2O2/c8-5-2-6(9)4(3-10)1-7(5)11(12)13/h1-2H,3,10H2. The van der Waals surface area contributed by atoms with Crippen molar-refractivity contribution in [3.05, 3.63) is 38.7 Å². The Morgan fingerprint density at radius 1 is 1.62 bits per heavy atom. The molecule has 0 bridgehead atoms. The van der Waals surface area contributed by atoms with Gasteiger partial charge in [-0.3, -0.25) is 10.1 Å². The number of hydrogen-bond acceptors (Lipinski definition) is 3. The maximum atomic E-state index is 12.9. The van der Waals surface area contributed by atoms with E-state index >= 15 is 0 Å². The molecule has 1 aromatic rings. The fraction of sp³-hybridized carbons (Fsp3) is 0.143. The first-order valence-electron chi connectivity index (χ1n) is 3.38. The van der Waals surface area contributed by atoms with Crippen LogP contribution in [-0.2, 0) is 6.54 Å². The first-order valence-corrected chi connectivity index (χ1v) is 3.76. The molecule has 13 heavy (non-hydrogen) atoms. The Morgan fingerprint density at radius 2 is 2.23 bits per heavy atom. The molecule has 1 aromatic carbocycles. The lowest BCUT2D eigenvalue weighted by molar-refractivity contribution is -0.384. The predicted molar refractivity (Wildman–Crippen MR) is 46.0 cm³/mol. The van der Waals surface area contributed by atoms with Crippen LogP contribution in [0.1, 0.15) is 5.56 Å². The van der Waals surface area contributed by atoms with Gasteiger partial charge in [-0.05, 0) is 6.07 Å². The van der Waals surface area contributed by atoms with Crippen LogP contribution < -0.4 is 5.73 Å². The van der Waals surface area contributed by atoms with E-state index in [9.17, 15) is 14.5 Å². The number of halogens is 2. The lowest BCUT2D eigenvalue weighted by Gasteiger charge is -2.00. The van der Waals surface area contributed by atoms with E-state index in [0.29, 0.717) is 0 Å². The Hall–Kier alpha value is -1.20.